The Labute approximate surface area is 117 Å². The molecule has 0 fully saturated rings. The van der Waals surface area contributed by atoms with Gasteiger partial charge in [0.25, 0.3) is 6.43 Å². The molecule has 6 heteroatoms. The Bertz CT molecular complexity index is 410. The molecule has 0 aliphatic carbocycles. The van der Waals surface area contributed by atoms with Crippen LogP contribution in [0.1, 0.15) is 11.1 Å². The molecular formula is C14H20F2N2O2. The second-order valence-electron chi connectivity index (χ2n) is 4.61. The van der Waals surface area contributed by atoms with Gasteiger partial charge < -0.3 is 10.4 Å². The van der Waals surface area contributed by atoms with Crippen LogP contribution in [-0.4, -0.2) is 48.6 Å². The Hall–Kier alpha value is -1.53. The third-order valence-corrected chi connectivity index (χ3v) is 2.79. The molecule has 0 aliphatic rings. The third kappa shape index (κ3) is 6.58. The van der Waals surface area contributed by atoms with E-state index in [4.69, 9.17) is 5.11 Å². The Morgan fingerprint density at radius 1 is 1.35 bits per heavy atom. The Morgan fingerprint density at radius 2 is 2.00 bits per heavy atom. The summed E-state index contributed by atoms with van der Waals surface area (Å²) >= 11 is 0. The summed E-state index contributed by atoms with van der Waals surface area (Å²) in [5.74, 6) is -0.334. The molecule has 4 nitrogen and oxygen atoms in total. The first-order valence-corrected chi connectivity index (χ1v) is 6.45. The predicted octanol–water partition coefficient (Wildman–Crippen LogP) is 1.17. The lowest BCUT2D eigenvalue weighted by Gasteiger charge is -2.20. The monoisotopic (exact) mass is 286 g/mol. The van der Waals surface area contributed by atoms with Crippen LogP contribution in [0.4, 0.5) is 8.78 Å². The highest BCUT2D eigenvalue weighted by atomic mass is 19.3. The van der Waals surface area contributed by atoms with Gasteiger partial charge in [0.15, 0.2) is 0 Å². The van der Waals surface area contributed by atoms with Crippen LogP contribution in [0.2, 0.25) is 0 Å². The van der Waals surface area contributed by atoms with Crippen molar-refractivity contribution in [1.29, 1.82) is 0 Å². The Kier molecular flexibility index (Phi) is 7.11. The lowest BCUT2D eigenvalue weighted by Crippen LogP contribution is -2.40. The van der Waals surface area contributed by atoms with Gasteiger partial charge in [-0.25, -0.2) is 8.78 Å². The molecule has 112 valence electrons. The fourth-order valence-electron chi connectivity index (χ4n) is 1.74. The van der Waals surface area contributed by atoms with Crippen molar-refractivity contribution in [3.05, 3.63) is 35.4 Å². The summed E-state index contributed by atoms with van der Waals surface area (Å²) in [4.78, 5) is 12.9. The standard InChI is InChI=1S/C14H20F2N2O2/c1-11-2-4-12(5-3-11)8-17-14(20)10-18(6-7-19)9-13(15)16/h2-5,13,19H,6-10H2,1H3,(H,17,20). The largest absolute Gasteiger partial charge is 0.395 e. The highest BCUT2D eigenvalue weighted by Crippen LogP contribution is 2.03. The number of carbonyl (C=O) groups excluding carboxylic acids is 1. The minimum atomic E-state index is -2.52. The van der Waals surface area contributed by atoms with Crippen LogP contribution in [0.15, 0.2) is 24.3 Å². The van der Waals surface area contributed by atoms with Gasteiger partial charge in [-0.2, -0.15) is 0 Å². The van der Waals surface area contributed by atoms with Crippen LogP contribution in [0.3, 0.4) is 0 Å². The first-order valence-electron chi connectivity index (χ1n) is 6.45. The zero-order valence-electron chi connectivity index (χ0n) is 11.5. The minimum Gasteiger partial charge on any atom is -0.395 e. The number of nitrogens with one attached hydrogen (secondary N) is 1. The second kappa shape index (κ2) is 8.60. The van der Waals surface area contributed by atoms with E-state index in [1.54, 1.807) is 0 Å². The molecule has 0 unspecified atom stereocenters. The third-order valence-electron chi connectivity index (χ3n) is 2.79. The van der Waals surface area contributed by atoms with Crippen molar-refractivity contribution in [2.24, 2.45) is 0 Å². The Balaban J connectivity index is 2.39. The van der Waals surface area contributed by atoms with Gasteiger partial charge in [0.2, 0.25) is 5.91 Å². The maximum Gasteiger partial charge on any atom is 0.251 e. The normalized spacial score (nSPS) is 11.1. The lowest BCUT2D eigenvalue weighted by atomic mass is 10.1. The zero-order valence-corrected chi connectivity index (χ0v) is 11.5. The van der Waals surface area contributed by atoms with E-state index in [0.717, 1.165) is 11.1 Å². The molecule has 0 spiro atoms. The summed E-state index contributed by atoms with van der Waals surface area (Å²) in [5.41, 5.74) is 2.08. The topological polar surface area (TPSA) is 52.6 Å². The predicted molar refractivity (Wildman–Crippen MR) is 72.6 cm³/mol. The molecule has 0 radical (unpaired) electrons. The number of benzene rings is 1. The number of nitrogens with zero attached hydrogens (tertiary/aromatic N) is 1. The van der Waals surface area contributed by atoms with Crippen LogP contribution >= 0.6 is 0 Å². The summed E-state index contributed by atoms with van der Waals surface area (Å²) in [6.07, 6.45) is -2.52. The zero-order chi connectivity index (χ0) is 15.0. The highest BCUT2D eigenvalue weighted by molar-refractivity contribution is 5.78. The molecule has 0 saturated carbocycles. The van der Waals surface area contributed by atoms with Gasteiger partial charge in [0.05, 0.1) is 19.7 Å². The summed E-state index contributed by atoms with van der Waals surface area (Å²) in [7, 11) is 0. The first kappa shape index (κ1) is 16.5. The van der Waals surface area contributed by atoms with Crippen molar-refractivity contribution in [3.8, 4) is 0 Å². The minimum absolute atomic E-state index is 0.0578. The molecule has 1 rings (SSSR count). The molecule has 1 aromatic rings. The van der Waals surface area contributed by atoms with Gasteiger partial charge in [0, 0.05) is 13.1 Å². The van der Waals surface area contributed by atoms with Gasteiger partial charge in [-0.05, 0) is 12.5 Å². The fourth-order valence-corrected chi connectivity index (χ4v) is 1.74. The van der Waals surface area contributed by atoms with E-state index in [2.05, 4.69) is 5.32 Å². The van der Waals surface area contributed by atoms with E-state index in [1.165, 1.54) is 4.90 Å². The molecule has 0 saturated heterocycles. The first-order chi connectivity index (χ1) is 9.51. The van der Waals surface area contributed by atoms with Gasteiger partial charge >= 0.3 is 0 Å². The van der Waals surface area contributed by atoms with Crippen molar-refractivity contribution in [1.82, 2.24) is 10.2 Å². The van der Waals surface area contributed by atoms with E-state index in [-0.39, 0.29) is 25.6 Å². The number of aliphatic hydroxyl groups excluding tert-OH is 1. The molecule has 1 amide bonds. The van der Waals surface area contributed by atoms with Gasteiger partial charge in [-0.3, -0.25) is 9.69 Å². The molecule has 1 aromatic carbocycles. The molecular weight excluding hydrogens is 266 g/mol. The molecule has 2 N–H and O–H groups in total. The van der Waals surface area contributed by atoms with Crippen molar-refractivity contribution < 1.29 is 18.7 Å². The van der Waals surface area contributed by atoms with Gasteiger partial charge in [-0.1, -0.05) is 29.8 Å². The number of carbonyl (C=O) groups is 1. The van der Waals surface area contributed by atoms with Crippen molar-refractivity contribution in [3.63, 3.8) is 0 Å². The summed E-state index contributed by atoms with van der Waals surface area (Å²) in [5, 5.41) is 11.5. The number of aryl methyl sites for hydroxylation is 1. The summed E-state index contributed by atoms with van der Waals surface area (Å²) in [6, 6.07) is 7.69. The number of hydrogen-bond donors (Lipinski definition) is 2. The highest BCUT2D eigenvalue weighted by Gasteiger charge is 2.14. The van der Waals surface area contributed by atoms with E-state index < -0.39 is 13.0 Å². The lowest BCUT2D eigenvalue weighted by molar-refractivity contribution is -0.122. The average Bonchev–Trinajstić information content (AvgIpc) is 2.37. The SMILES string of the molecule is Cc1ccc(CNC(=O)CN(CCO)CC(F)F)cc1. The number of alkyl halides is 2. The molecule has 0 atom stereocenters. The van der Waals surface area contributed by atoms with Crippen LogP contribution < -0.4 is 5.32 Å². The number of aliphatic hydroxyl groups is 1. The number of rotatable bonds is 8. The summed E-state index contributed by atoms with van der Waals surface area (Å²) < 4.78 is 24.6. The van der Waals surface area contributed by atoms with Crippen molar-refractivity contribution >= 4 is 5.91 Å². The van der Waals surface area contributed by atoms with Crippen LogP contribution in [0.5, 0.6) is 0 Å². The van der Waals surface area contributed by atoms with Gasteiger partial charge in [-0.15, -0.1) is 0 Å². The summed E-state index contributed by atoms with van der Waals surface area (Å²) in [6.45, 7) is 1.48. The quantitative estimate of drug-likeness (QED) is 0.754. The van der Waals surface area contributed by atoms with Crippen LogP contribution in [0, 0.1) is 6.92 Å². The smallest absolute Gasteiger partial charge is 0.251 e. The van der Waals surface area contributed by atoms with Crippen molar-refractivity contribution in [2.75, 3.05) is 26.2 Å². The number of hydrogen-bond acceptors (Lipinski definition) is 3. The van der Waals surface area contributed by atoms with Crippen LogP contribution in [-0.2, 0) is 11.3 Å². The van der Waals surface area contributed by atoms with E-state index >= 15 is 0 Å². The van der Waals surface area contributed by atoms with E-state index in [1.807, 2.05) is 31.2 Å². The maximum atomic E-state index is 12.3. The number of halogens is 2. The maximum absolute atomic E-state index is 12.3. The molecule has 0 bridgehead atoms. The molecule has 0 aliphatic heterocycles. The number of amides is 1. The van der Waals surface area contributed by atoms with Crippen molar-refractivity contribution in [2.45, 2.75) is 19.9 Å². The average molecular weight is 286 g/mol. The second-order valence-corrected chi connectivity index (χ2v) is 4.61. The van der Waals surface area contributed by atoms with E-state index in [9.17, 15) is 13.6 Å². The molecule has 20 heavy (non-hydrogen) atoms. The molecule has 0 heterocycles. The van der Waals surface area contributed by atoms with E-state index in [0.29, 0.717) is 6.54 Å². The molecule has 0 aromatic heterocycles. The van der Waals surface area contributed by atoms with Gasteiger partial charge in [0.1, 0.15) is 0 Å². The van der Waals surface area contributed by atoms with Crippen LogP contribution in [0.25, 0.3) is 0 Å². The fraction of sp³-hybridized carbons (Fsp3) is 0.500. The Morgan fingerprint density at radius 3 is 2.55 bits per heavy atom.